The second-order valence-corrected chi connectivity index (χ2v) is 4.63. The summed E-state index contributed by atoms with van der Waals surface area (Å²) in [7, 11) is 0. The Morgan fingerprint density at radius 2 is 2.11 bits per heavy atom. The highest BCUT2D eigenvalue weighted by Gasteiger charge is 2.09. The van der Waals surface area contributed by atoms with E-state index in [0.29, 0.717) is 12.1 Å². The van der Waals surface area contributed by atoms with Crippen molar-refractivity contribution >= 4 is 5.91 Å². The monoisotopic (exact) mass is 258 g/mol. The van der Waals surface area contributed by atoms with E-state index in [1.54, 1.807) is 6.07 Å². The number of nitrogen functional groups attached to an aromatic ring is 1. The normalized spacial score (nSPS) is 10.5. The second kappa shape index (κ2) is 5.24. The highest BCUT2D eigenvalue weighted by molar-refractivity contribution is 5.93. The van der Waals surface area contributed by atoms with E-state index in [4.69, 9.17) is 5.84 Å². The average molecular weight is 258 g/mol. The lowest BCUT2D eigenvalue weighted by Crippen LogP contribution is -2.30. The van der Waals surface area contributed by atoms with Gasteiger partial charge in [0.1, 0.15) is 0 Å². The van der Waals surface area contributed by atoms with Crippen molar-refractivity contribution < 1.29 is 4.79 Å². The van der Waals surface area contributed by atoms with Crippen LogP contribution in [0.4, 0.5) is 0 Å². The molecule has 5 heteroatoms. The van der Waals surface area contributed by atoms with Gasteiger partial charge in [-0.2, -0.15) is 5.10 Å². The summed E-state index contributed by atoms with van der Waals surface area (Å²) in [4.78, 5) is 11.5. The summed E-state index contributed by atoms with van der Waals surface area (Å²) in [6, 6.07) is 7.38. The van der Waals surface area contributed by atoms with Gasteiger partial charge in [-0.1, -0.05) is 12.1 Å². The number of hydrazine groups is 1. The van der Waals surface area contributed by atoms with Crippen molar-refractivity contribution in [3.63, 3.8) is 0 Å². The number of rotatable bonds is 3. The molecule has 0 spiro atoms. The number of benzene rings is 1. The zero-order valence-electron chi connectivity index (χ0n) is 11.4. The second-order valence-electron chi connectivity index (χ2n) is 4.63. The van der Waals surface area contributed by atoms with Crippen LogP contribution in [0, 0.1) is 20.8 Å². The van der Waals surface area contributed by atoms with Crippen LogP contribution in [0.25, 0.3) is 0 Å². The first-order chi connectivity index (χ1) is 9.02. The lowest BCUT2D eigenvalue weighted by molar-refractivity contribution is 0.0953. The molecule has 19 heavy (non-hydrogen) atoms. The van der Waals surface area contributed by atoms with Gasteiger partial charge in [-0.25, -0.2) is 5.84 Å². The van der Waals surface area contributed by atoms with Crippen LogP contribution in [0.15, 0.2) is 24.3 Å². The minimum atomic E-state index is -0.286. The molecular formula is C14H18N4O. The van der Waals surface area contributed by atoms with Gasteiger partial charge in [0.15, 0.2) is 0 Å². The molecule has 0 saturated carbocycles. The lowest BCUT2D eigenvalue weighted by Gasteiger charge is -2.07. The van der Waals surface area contributed by atoms with Gasteiger partial charge in [-0.05, 0) is 44.0 Å². The van der Waals surface area contributed by atoms with E-state index in [1.165, 1.54) is 5.56 Å². The third-order valence-corrected chi connectivity index (χ3v) is 3.40. The number of nitrogens with one attached hydrogen (secondary N) is 1. The first-order valence-electron chi connectivity index (χ1n) is 6.13. The minimum absolute atomic E-state index is 0.286. The SMILES string of the molecule is Cc1nn(Cc2cccc(C(=O)NN)c2)c(C)c1C. The lowest BCUT2D eigenvalue weighted by atomic mass is 10.1. The van der Waals surface area contributed by atoms with Gasteiger partial charge < -0.3 is 0 Å². The molecular weight excluding hydrogens is 240 g/mol. The number of amides is 1. The average Bonchev–Trinajstić information content (AvgIpc) is 2.66. The molecule has 0 fully saturated rings. The number of carbonyl (C=O) groups excluding carboxylic acids is 1. The predicted octanol–water partition coefficient (Wildman–Crippen LogP) is 1.46. The highest BCUT2D eigenvalue weighted by Crippen LogP contribution is 2.14. The van der Waals surface area contributed by atoms with Crippen LogP contribution in [0.3, 0.4) is 0 Å². The van der Waals surface area contributed by atoms with Crippen molar-refractivity contribution in [3.05, 3.63) is 52.3 Å². The molecule has 1 aromatic heterocycles. The van der Waals surface area contributed by atoms with Crippen LogP contribution < -0.4 is 11.3 Å². The van der Waals surface area contributed by atoms with Gasteiger partial charge >= 0.3 is 0 Å². The minimum Gasteiger partial charge on any atom is -0.290 e. The summed E-state index contributed by atoms with van der Waals surface area (Å²) in [5.41, 5.74) is 7.09. The van der Waals surface area contributed by atoms with E-state index in [9.17, 15) is 4.79 Å². The topological polar surface area (TPSA) is 72.9 Å². The molecule has 1 amide bonds. The van der Waals surface area contributed by atoms with Crippen molar-refractivity contribution in [2.45, 2.75) is 27.3 Å². The summed E-state index contributed by atoms with van der Waals surface area (Å²) in [5, 5.41) is 4.49. The van der Waals surface area contributed by atoms with Crippen molar-refractivity contribution in [2.75, 3.05) is 0 Å². The molecule has 0 aliphatic carbocycles. The van der Waals surface area contributed by atoms with Gasteiger partial charge in [-0.3, -0.25) is 14.9 Å². The van der Waals surface area contributed by atoms with Gasteiger partial charge in [0, 0.05) is 11.3 Å². The fourth-order valence-electron chi connectivity index (χ4n) is 2.01. The van der Waals surface area contributed by atoms with Crippen molar-refractivity contribution in [1.29, 1.82) is 0 Å². The summed E-state index contributed by atoms with van der Waals surface area (Å²) in [6.45, 7) is 6.75. The number of nitrogens with zero attached hydrogens (tertiary/aromatic N) is 2. The quantitative estimate of drug-likeness (QED) is 0.497. The van der Waals surface area contributed by atoms with Crippen LogP contribution in [-0.4, -0.2) is 15.7 Å². The Morgan fingerprint density at radius 3 is 2.68 bits per heavy atom. The first kappa shape index (κ1) is 13.3. The third kappa shape index (κ3) is 2.66. The van der Waals surface area contributed by atoms with Gasteiger partial charge in [0.05, 0.1) is 12.2 Å². The predicted molar refractivity (Wildman–Crippen MR) is 73.6 cm³/mol. The van der Waals surface area contributed by atoms with Crippen LogP contribution in [0.2, 0.25) is 0 Å². The molecule has 0 aliphatic heterocycles. The van der Waals surface area contributed by atoms with Crippen LogP contribution >= 0.6 is 0 Å². The van der Waals surface area contributed by atoms with Crippen LogP contribution in [0.1, 0.15) is 32.9 Å². The van der Waals surface area contributed by atoms with E-state index < -0.39 is 0 Å². The maximum absolute atomic E-state index is 11.5. The fraction of sp³-hybridized carbons (Fsp3) is 0.286. The fourth-order valence-corrected chi connectivity index (χ4v) is 2.01. The Bertz CT molecular complexity index is 616. The Kier molecular flexibility index (Phi) is 3.66. The zero-order chi connectivity index (χ0) is 14.0. The Hall–Kier alpha value is -2.14. The standard InChI is InChI=1S/C14H18N4O/c1-9-10(2)17-18(11(9)3)8-12-5-4-6-13(7-12)14(19)16-15/h4-7H,8,15H2,1-3H3,(H,16,19). The molecule has 3 N–H and O–H groups in total. The summed E-state index contributed by atoms with van der Waals surface area (Å²) < 4.78 is 1.95. The smallest absolute Gasteiger partial charge is 0.265 e. The Labute approximate surface area is 112 Å². The molecule has 1 aromatic carbocycles. The zero-order valence-corrected chi connectivity index (χ0v) is 11.4. The third-order valence-electron chi connectivity index (χ3n) is 3.40. The van der Waals surface area contributed by atoms with Gasteiger partial charge in [0.25, 0.3) is 5.91 Å². The number of aromatic nitrogens is 2. The molecule has 0 radical (unpaired) electrons. The molecule has 100 valence electrons. The molecule has 2 rings (SSSR count). The van der Waals surface area contributed by atoms with Gasteiger partial charge in [-0.15, -0.1) is 0 Å². The molecule has 0 unspecified atom stereocenters. The number of aryl methyl sites for hydroxylation is 1. The number of carbonyl (C=O) groups is 1. The first-order valence-corrected chi connectivity index (χ1v) is 6.13. The molecule has 2 aromatic rings. The summed E-state index contributed by atoms with van der Waals surface area (Å²) in [6.07, 6.45) is 0. The number of hydrogen-bond acceptors (Lipinski definition) is 3. The maximum Gasteiger partial charge on any atom is 0.265 e. The molecule has 0 aliphatic rings. The van der Waals surface area contributed by atoms with Crippen molar-refractivity contribution in [2.24, 2.45) is 5.84 Å². The van der Waals surface area contributed by atoms with E-state index in [0.717, 1.165) is 17.0 Å². The maximum atomic E-state index is 11.5. The van der Waals surface area contributed by atoms with Gasteiger partial charge in [0.2, 0.25) is 0 Å². The molecule has 0 bridgehead atoms. The summed E-state index contributed by atoms with van der Waals surface area (Å²) >= 11 is 0. The number of hydrogen-bond donors (Lipinski definition) is 2. The van der Waals surface area contributed by atoms with Crippen LogP contribution in [0.5, 0.6) is 0 Å². The molecule has 5 nitrogen and oxygen atoms in total. The van der Waals surface area contributed by atoms with Crippen molar-refractivity contribution in [1.82, 2.24) is 15.2 Å². The van der Waals surface area contributed by atoms with Crippen LogP contribution in [-0.2, 0) is 6.54 Å². The number of nitrogens with two attached hydrogens (primary N) is 1. The van der Waals surface area contributed by atoms with E-state index in [1.807, 2.05) is 36.7 Å². The molecule has 1 heterocycles. The Balaban J connectivity index is 2.28. The highest BCUT2D eigenvalue weighted by atomic mass is 16.2. The van der Waals surface area contributed by atoms with E-state index >= 15 is 0 Å². The molecule has 0 saturated heterocycles. The molecule has 0 atom stereocenters. The summed E-state index contributed by atoms with van der Waals surface area (Å²) in [5.74, 6) is 4.85. The van der Waals surface area contributed by atoms with E-state index in [-0.39, 0.29) is 5.91 Å². The Morgan fingerprint density at radius 1 is 1.37 bits per heavy atom. The van der Waals surface area contributed by atoms with Crippen molar-refractivity contribution in [3.8, 4) is 0 Å². The van der Waals surface area contributed by atoms with E-state index in [2.05, 4.69) is 17.4 Å². The largest absolute Gasteiger partial charge is 0.290 e.